The van der Waals surface area contributed by atoms with E-state index in [9.17, 15) is 13.2 Å². The lowest BCUT2D eigenvalue weighted by Gasteiger charge is -2.24. The van der Waals surface area contributed by atoms with Gasteiger partial charge in [-0.2, -0.15) is 0 Å². The predicted molar refractivity (Wildman–Crippen MR) is 64.6 cm³/mol. The molecule has 0 fully saturated rings. The van der Waals surface area contributed by atoms with E-state index in [1.54, 1.807) is 13.1 Å². The van der Waals surface area contributed by atoms with Gasteiger partial charge >= 0.3 is 0 Å². The lowest BCUT2D eigenvalue weighted by Crippen LogP contribution is -2.35. The number of amides is 1. The summed E-state index contributed by atoms with van der Waals surface area (Å²) in [7, 11) is -2.18. The number of fused-ring (bicyclic) bond motifs is 1. The molecule has 1 amide bonds. The minimum Gasteiger partial charge on any atom is -0.492 e. The molecule has 3 N–H and O–H groups in total. The number of ether oxygens (including phenoxy) is 1. The van der Waals surface area contributed by atoms with Crippen LogP contribution >= 0.6 is 0 Å². The molecule has 0 radical (unpaired) electrons. The Bertz CT molecular complexity index is 583. The van der Waals surface area contributed by atoms with Crippen molar-refractivity contribution < 1.29 is 17.9 Å². The Morgan fingerprint density at radius 3 is 2.83 bits per heavy atom. The average Bonchev–Trinajstić information content (AvgIpc) is 2.35. The second kappa shape index (κ2) is 4.58. The Kier molecular flexibility index (Phi) is 3.27. The van der Waals surface area contributed by atoms with Crippen LogP contribution in [-0.2, 0) is 21.2 Å². The predicted octanol–water partition coefficient (Wildman–Crippen LogP) is -0.369. The van der Waals surface area contributed by atoms with Crippen LogP contribution in [0.2, 0.25) is 0 Å². The van der Waals surface area contributed by atoms with Crippen LogP contribution in [0.1, 0.15) is 5.56 Å². The molecule has 1 aliphatic heterocycles. The fourth-order valence-corrected chi connectivity index (χ4v) is 2.48. The molecule has 0 aromatic heterocycles. The molecule has 1 atom stereocenters. The minimum absolute atomic E-state index is 0.0300. The molecule has 0 bridgehead atoms. The zero-order chi connectivity index (χ0) is 13.3. The quantitative estimate of drug-likeness (QED) is 0.766. The number of primary sulfonamides is 1. The van der Waals surface area contributed by atoms with Crippen molar-refractivity contribution >= 4 is 15.9 Å². The molecule has 1 aromatic rings. The lowest BCUT2D eigenvalue weighted by atomic mass is 9.96. The first-order chi connectivity index (χ1) is 8.41. The number of carbonyl (C=O) groups is 1. The number of benzene rings is 1. The highest BCUT2D eigenvalue weighted by atomic mass is 32.2. The zero-order valence-electron chi connectivity index (χ0n) is 9.84. The van der Waals surface area contributed by atoms with Gasteiger partial charge in [-0.1, -0.05) is 0 Å². The number of carbonyl (C=O) groups excluding carboxylic acids is 1. The minimum atomic E-state index is -3.74. The highest BCUT2D eigenvalue weighted by Crippen LogP contribution is 2.29. The Morgan fingerprint density at radius 1 is 1.50 bits per heavy atom. The third-order valence-corrected chi connectivity index (χ3v) is 3.80. The molecule has 1 heterocycles. The van der Waals surface area contributed by atoms with Gasteiger partial charge in [0, 0.05) is 7.05 Å². The maximum absolute atomic E-state index is 11.5. The maximum atomic E-state index is 11.5. The van der Waals surface area contributed by atoms with E-state index in [2.05, 4.69) is 5.32 Å². The van der Waals surface area contributed by atoms with Gasteiger partial charge in [-0.25, -0.2) is 13.6 Å². The van der Waals surface area contributed by atoms with Gasteiger partial charge in [0.1, 0.15) is 12.4 Å². The molecule has 98 valence electrons. The fourth-order valence-electron chi connectivity index (χ4n) is 1.92. The van der Waals surface area contributed by atoms with E-state index in [0.29, 0.717) is 24.3 Å². The van der Waals surface area contributed by atoms with Crippen LogP contribution < -0.4 is 15.2 Å². The molecule has 0 saturated carbocycles. The third kappa shape index (κ3) is 2.46. The van der Waals surface area contributed by atoms with Crippen molar-refractivity contribution in [3.63, 3.8) is 0 Å². The molecule has 0 spiro atoms. The summed E-state index contributed by atoms with van der Waals surface area (Å²) >= 11 is 0. The maximum Gasteiger partial charge on any atom is 0.238 e. The molecule has 0 aliphatic carbocycles. The first-order valence-corrected chi connectivity index (χ1v) is 6.96. The number of sulfonamides is 1. The molecular formula is C11H14N2O4S. The SMILES string of the molecule is CNC(=O)C1COc2ccc(S(N)(=O)=O)cc2C1. The van der Waals surface area contributed by atoms with Crippen LogP contribution in [0, 0.1) is 5.92 Å². The van der Waals surface area contributed by atoms with Gasteiger partial charge in [-0.05, 0) is 30.2 Å². The van der Waals surface area contributed by atoms with Crippen molar-refractivity contribution in [3.8, 4) is 5.75 Å². The standard InChI is InChI=1S/C11H14N2O4S/c1-13-11(14)8-4-7-5-9(18(12,15)16)2-3-10(7)17-6-8/h2-3,5,8H,4,6H2,1H3,(H,13,14)(H2,12,15,16). The van der Waals surface area contributed by atoms with Crippen LogP contribution in [0.15, 0.2) is 23.1 Å². The zero-order valence-corrected chi connectivity index (χ0v) is 10.7. The molecular weight excluding hydrogens is 256 g/mol. The fraction of sp³-hybridized carbons (Fsp3) is 0.364. The van der Waals surface area contributed by atoms with Gasteiger partial charge in [0.15, 0.2) is 0 Å². The van der Waals surface area contributed by atoms with E-state index in [1.807, 2.05) is 0 Å². The van der Waals surface area contributed by atoms with Crippen LogP contribution in [0.25, 0.3) is 0 Å². The van der Waals surface area contributed by atoms with E-state index >= 15 is 0 Å². The van der Waals surface area contributed by atoms with Crippen LogP contribution in [0.5, 0.6) is 5.75 Å². The Hall–Kier alpha value is -1.60. The van der Waals surface area contributed by atoms with E-state index in [4.69, 9.17) is 9.88 Å². The highest BCUT2D eigenvalue weighted by Gasteiger charge is 2.26. The average molecular weight is 270 g/mol. The van der Waals surface area contributed by atoms with Crippen molar-refractivity contribution in [1.82, 2.24) is 5.32 Å². The van der Waals surface area contributed by atoms with E-state index < -0.39 is 10.0 Å². The van der Waals surface area contributed by atoms with Gasteiger partial charge < -0.3 is 10.1 Å². The Labute approximate surface area is 105 Å². The van der Waals surface area contributed by atoms with Crippen LogP contribution in [-0.4, -0.2) is 28.0 Å². The monoisotopic (exact) mass is 270 g/mol. The summed E-state index contributed by atoms with van der Waals surface area (Å²) in [5.74, 6) is 0.169. The third-order valence-electron chi connectivity index (χ3n) is 2.88. The molecule has 1 aliphatic rings. The number of nitrogens with one attached hydrogen (secondary N) is 1. The smallest absolute Gasteiger partial charge is 0.238 e. The number of nitrogens with two attached hydrogens (primary N) is 1. The van der Waals surface area contributed by atoms with E-state index in [0.717, 1.165) is 0 Å². The Balaban J connectivity index is 2.33. The summed E-state index contributed by atoms with van der Waals surface area (Å²) in [6, 6.07) is 4.42. The number of hydrogen-bond acceptors (Lipinski definition) is 4. The summed E-state index contributed by atoms with van der Waals surface area (Å²) in [5, 5.41) is 7.61. The van der Waals surface area contributed by atoms with Gasteiger partial charge in [0.2, 0.25) is 15.9 Å². The molecule has 2 rings (SSSR count). The van der Waals surface area contributed by atoms with Crippen LogP contribution in [0.4, 0.5) is 0 Å². The van der Waals surface area contributed by atoms with Gasteiger partial charge in [0.05, 0.1) is 10.8 Å². The molecule has 6 nitrogen and oxygen atoms in total. The van der Waals surface area contributed by atoms with Gasteiger partial charge in [0.25, 0.3) is 0 Å². The van der Waals surface area contributed by atoms with Crippen molar-refractivity contribution in [1.29, 1.82) is 0 Å². The molecule has 18 heavy (non-hydrogen) atoms. The molecule has 7 heteroatoms. The summed E-state index contributed by atoms with van der Waals surface area (Å²) < 4.78 is 27.9. The van der Waals surface area contributed by atoms with E-state index in [-0.39, 0.29) is 16.7 Å². The normalized spacial score (nSPS) is 18.7. The highest BCUT2D eigenvalue weighted by molar-refractivity contribution is 7.89. The Morgan fingerprint density at radius 2 is 2.22 bits per heavy atom. The molecule has 0 saturated heterocycles. The van der Waals surface area contributed by atoms with E-state index in [1.165, 1.54) is 12.1 Å². The summed E-state index contributed by atoms with van der Waals surface area (Å²) in [5.41, 5.74) is 0.682. The van der Waals surface area contributed by atoms with Crippen LogP contribution in [0.3, 0.4) is 0 Å². The second-order valence-corrected chi connectivity index (χ2v) is 5.70. The summed E-state index contributed by atoms with van der Waals surface area (Å²) in [6.45, 7) is 0.293. The second-order valence-electron chi connectivity index (χ2n) is 4.14. The lowest BCUT2D eigenvalue weighted by molar-refractivity contribution is -0.125. The van der Waals surface area contributed by atoms with Crippen molar-refractivity contribution in [2.45, 2.75) is 11.3 Å². The van der Waals surface area contributed by atoms with Crippen molar-refractivity contribution in [2.75, 3.05) is 13.7 Å². The first-order valence-electron chi connectivity index (χ1n) is 5.42. The number of hydrogen-bond donors (Lipinski definition) is 2. The largest absolute Gasteiger partial charge is 0.492 e. The van der Waals surface area contributed by atoms with Gasteiger partial charge in [-0.15, -0.1) is 0 Å². The van der Waals surface area contributed by atoms with Crippen molar-refractivity contribution in [3.05, 3.63) is 23.8 Å². The molecule has 1 aromatic carbocycles. The number of rotatable bonds is 2. The van der Waals surface area contributed by atoms with Gasteiger partial charge in [-0.3, -0.25) is 4.79 Å². The topological polar surface area (TPSA) is 98.5 Å². The van der Waals surface area contributed by atoms with Crippen molar-refractivity contribution in [2.24, 2.45) is 11.1 Å². The summed E-state index contributed by atoms with van der Waals surface area (Å²) in [4.78, 5) is 11.6. The molecule has 1 unspecified atom stereocenters. The first kappa shape index (κ1) is 12.8. The summed E-state index contributed by atoms with van der Waals surface area (Å²) in [6.07, 6.45) is 0.443.